The smallest absolute Gasteiger partial charge is 0.410 e. The van der Waals surface area contributed by atoms with Crippen LogP contribution in [0.15, 0.2) is 48.5 Å². The fraction of sp³-hybridized carbons (Fsp3) is 0.364. The molecule has 2 aromatic carbocycles. The zero-order valence-corrected chi connectivity index (χ0v) is 16.4. The molecule has 1 fully saturated rings. The van der Waals surface area contributed by atoms with Gasteiger partial charge in [0.05, 0.1) is 13.7 Å². The Morgan fingerprint density at radius 2 is 1.97 bits per heavy atom. The Kier molecular flexibility index (Phi) is 5.29. The lowest BCUT2D eigenvalue weighted by Crippen LogP contribution is -2.37. The Labute approximate surface area is 169 Å². The first-order chi connectivity index (χ1) is 14.0. The second kappa shape index (κ2) is 8.03. The van der Waals surface area contributed by atoms with Crippen LogP contribution in [-0.2, 0) is 20.7 Å². The molecule has 0 spiro atoms. The molecule has 1 amide bonds. The summed E-state index contributed by atoms with van der Waals surface area (Å²) >= 11 is 0. The van der Waals surface area contributed by atoms with Gasteiger partial charge in [-0.2, -0.15) is 0 Å². The largest absolute Gasteiger partial charge is 0.485 e. The summed E-state index contributed by atoms with van der Waals surface area (Å²) < 4.78 is 21.6. The van der Waals surface area contributed by atoms with E-state index < -0.39 is 12.1 Å². The molecule has 0 saturated carbocycles. The SMILES string of the molecule is COC(=O)[C@H]1COc2cc(CC(C)N3CC(c4ccccc4)OC3=O)ccc2O1. The van der Waals surface area contributed by atoms with Gasteiger partial charge < -0.3 is 23.8 Å². The van der Waals surface area contributed by atoms with Crippen molar-refractivity contribution in [3.8, 4) is 11.5 Å². The van der Waals surface area contributed by atoms with Crippen LogP contribution >= 0.6 is 0 Å². The molecule has 0 radical (unpaired) electrons. The van der Waals surface area contributed by atoms with E-state index in [1.165, 1.54) is 7.11 Å². The Hall–Kier alpha value is -3.22. The molecule has 0 aliphatic carbocycles. The average Bonchev–Trinajstić information content (AvgIpc) is 3.15. The van der Waals surface area contributed by atoms with Crippen LogP contribution in [0.2, 0.25) is 0 Å². The molecule has 7 nitrogen and oxygen atoms in total. The maximum Gasteiger partial charge on any atom is 0.410 e. The topological polar surface area (TPSA) is 74.3 Å². The van der Waals surface area contributed by atoms with Gasteiger partial charge in [-0.15, -0.1) is 0 Å². The maximum atomic E-state index is 12.4. The summed E-state index contributed by atoms with van der Waals surface area (Å²) in [4.78, 5) is 25.7. The normalized spacial score (nSPS) is 21.4. The third-order valence-electron chi connectivity index (χ3n) is 5.21. The monoisotopic (exact) mass is 397 g/mol. The molecule has 29 heavy (non-hydrogen) atoms. The number of benzene rings is 2. The van der Waals surface area contributed by atoms with Gasteiger partial charge in [0.1, 0.15) is 12.7 Å². The third kappa shape index (κ3) is 3.99. The van der Waals surface area contributed by atoms with Crippen molar-refractivity contribution in [2.75, 3.05) is 20.3 Å². The number of carbonyl (C=O) groups excluding carboxylic acids is 2. The first-order valence-electron chi connectivity index (χ1n) is 9.57. The number of esters is 1. The van der Waals surface area contributed by atoms with Crippen LogP contribution in [0.4, 0.5) is 4.79 Å². The van der Waals surface area contributed by atoms with E-state index in [4.69, 9.17) is 18.9 Å². The van der Waals surface area contributed by atoms with Gasteiger partial charge in [-0.3, -0.25) is 0 Å². The summed E-state index contributed by atoms with van der Waals surface area (Å²) in [5.74, 6) is 0.627. The number of fused-ring (bicyclic) bond motifs is 1. The van der Waals surface area contributed by atoms with E-state index in [0.717, 1.165) is 11.1 Å². The maximum absolute atomic E-state index is 12.4. The Morgan fingerprint density at radius 1 is 1.17 bits per heavy atom. The molecule has 1 saturated heterocycles. The van der Waals surface area contributed by atoms with Crippen LogP contribution < -0.4 is 9.47 Å². The minimum atomic E-state index is -0.758. The number of cyclic esters (lactones) is 1. The number of hydrogen-bond donors (Lipinski definition) is 0. The zero-order chi connectivity index (χ0) is 20.4. The Balaban J connectivity index is 1.41. The van der Waals surface area contributed by atoms with Crippen LogP contribution in [-0.4, -0.2) is 49.4 Å². The number of rotatable bonds is 5. The van der Waals surface area contributed by atoms with Crippen molar-refractivity contribution in [2.24, 2.45) is 0 Å². The van der Waals surface area contributed by atoms with E-state index in [9.17, 15) is 9.59 Å². The summed E-state index contributed by atoms with van der Waals surface area (Å²) in [6.07, 6.45) is -0.661. The van der Waals surface area contributed by atoms with Gasteiger partial charge in [0, 0.05) is 6.04 Å². The van der Waals surface area contributed by atoms with E-state index in [0.29, 0.717) is 24.5 Å². The zero-order valence-electron chi connectivity index (χ0n) is 16.4. The molecule has 2 unspecified atom stereocenters. The fourth-order valence-corrected chi connectivity index (χ4v) is 3.62. The summed E-state index contributed by atoms with van der Waals surface area (Å²) in [6.45, 7) is 2.63. The van der Waals surface area contributed by atoms with Crippen molar-refractivity contribution in [2.45, 2.75) is 31.6 Å². The molecule has 4 rings (SSSR count). The van der Waals surface area contributed by atoms with Gasteiger partial charge in [0.25, 0.3) is 0 Å². The molecule has 2 aliphatic rings. The van der Waals surface area contributed by atoms with Gasteiger partial charge in [-0.05, 0) is 36.6 Å². The summed E-state index contributed by atoms with van der Waals surface area (Å²) in [6, 6.07) is 15.3. The number of hydrogen-bond acceptors (Lipinski definition) is 6. The van der Waals surface area contributed by atoms with Crippen molar-refractivity contribution in [3.05, 3.63) is 59.7 Å². The number of methoxy groups -OCH3 is 1. The first kappa shape index (κ1) is 19.1. The third-order valence-corrected chi connectivity index (χ3v) is 5.21. The number of nitrogens with zero attached hydrogens (tertiary/aromatic N) is 1. The quantitative estimate of drug-likeness (QED) is 0.722. The lowest BCUT2D eigenvalue weighted by molar-refractivity contribution is -0.151. The molecule has 0 bridgehead atoms. The lowest BCUT2D eigenvalue weighted by atomic mass is 10.0. The highest BCUT2D eigenvalue weighted by Crippen LogP contribution is 2.34. The standard InChI is InChI=1S/C22H23NO6/c1-14(23-12-19(29-22(23)25)16-6-4-3-5-7-16)10-15-8-9-17-18(11-15)27-13-20(28-17)21(24)26-2/h3-9,11,14,19-20H,10,12-13H2,1-2H3/t14?,19?,20-/m1/s1. The molecule has 152 valence electrons. The van der Waals surface area contributed by atoms with Crippen molar-refractivity contribution in [3.63, 3.8) is 0 Å². The minimum Gasteiger partial charge on any atom is -0.485 e. The van der Waals surface area contributed by atoms with Gasteiger partial charge in [0.2, 0.25) is 6.10 Å². The predicted molar refractivity (Wildman–Crippen MR) is 104 cm³/mol. The van der Waals surface area contributed by atoms with Gasteiger partial charge in [-0.1, -0.05) is 36.4 Å². The molecule has 0 aromatic heterocycles. The van der Waals surface area contributed by atoms with Crippen molar-refractivity contribution >= 4 is 12.1 Å². The Bertz CT molecular complexity index is 899. The molecule has 7 heteroatoms. The van der Waals surface area contributed by atoms with E-state index >= 15 is 0 Å². The fourth-order valence-electron chi connectivity index (χ4n) is 3.62. The molecule has 3 atom stereocenters. The van der Waals surface area contributed by atoms with E-state index in [-0.39, 0.29) is 24.8 Å². The molecular formula is C22H23NO6. The second-order valence-electron chi connectivity index (χ2n) is 7.21. The predicted octanol–water partition coefficient (Wildman–Crippen LogP) is 3.12. The Morgan fingerprint density at radius 3 is 2.72 bits per heavy atom. The van der Waals surface area contributed by atoms with Gasteiger partial charge >= 0.3 is 12.1 Å². The van der Waals surface area contributed by atoms with Crippen molar-refractivity contribution in [1.82, 2.24) is 4.90 Å². The highest BCUT2D eigenvalue weighted by molar-refractivity contribution is 5.75. The minimum absolute atomic E-state index is 0.0402. The average molecular weight is 397 g/mol. The van der Waals surface area contributed by atoms with Crippen LogP contribution in [0, 0.1) is 0 Å². The molecule has 2 aliphatic heterocycles. The highest BCUT2D eigenvalue weighted by Gasteiger charge is 2.35. The van der Waals surface area contributed by atoms with Crippen LogP contribution in [0.25, 0.3) is 0 Å². The number of ether oxygens (including phenoxy) is 4. The highest BCUT2D eigenvalue weighted by atomic mass is 16.6. The molecule has 2 aromatic rings. The molecule has 2 heterocycles. The van der Waals surface area contributed by atoms with Crippen LogP contribution in [0.3, 0.4) is 0 Å². The van der Waals surface area contributed by atoms with Crippen LogP contribution in [0.5, 0.6) is 11.5 Å². The summed E-state index contributed by atoms with van der Waals surface area (Å²) in [7, 11) is 1.32. The molecular weight excluding hydrogens is 374 g/mol. The number of amides is 1. The van der Waals surface area contributed by atoms with Crippen molar-refractivity contribution < 1.29 is 28.5 Å². The molecule has 0 N–H and O–H groups in total. The summed E-state index contributed by atoms with van der Waals surface area (Å²) in [5.41, 5.74) is 2.00. The van der Waals surface area contributed by atoms with E-state index in [1.54, 1.807) is 11.0 Å². The van der Waals surface area contributed by atoms with Gasteiger partial charge in [0.15, 0.2) is 11.5 Å². The first-order valence-corrected chi connectivity index (χ1v) is 9.57. The summed E-state index contributed by atoms with van der Waals surface area (Å²) in [5, 5.41) is 0. The van der Waals surface area contributed by atoms with Crippen LogP contribution in [0.1, 0.15) is 24.2 Å². The second-order valence-corrected chi connectivity index (χ2v) is 7.21. The van der Waals surface area contributed by atoms with Crippen molar-refractivity contribution in [1.29, 1.82) is 0 Å². The van der Waals surface area contributed by atoms with Gasteiger partial charge in [-0.25, -0.2) is 9.59 Å². The lowest BCUT2D eigenvalue weighted by Gasteiger charge is -2.26. The van der Waals surface area contributed by atoms with E-state index in [1.807, 2.05) is 49.4 Å². The number of carbonyl (C=O) groups is 2. The van der Waals surface area contributed by atoms with E-state index in [2.05, 4.69) is 0 Å².